The Labute approximate surface area is 571 Å². The zero-order valence-corrected chi connectivity index (χ0v) is 57.1. The van der Waals surface area contributed by atoms with Crippen LogP contribution in [0.5, 0.6) is 0 Å². The smallest absolute Gasteiger partial charge is 0.245 e. The van der Waals surface area contributed by atoms with E-state index in [9.17, 15) is 70.7 Å². The molecule has 2 aliphatic rings. The van der Waals surface area contributed by atoms with Gasteiger partial charge in [0.15, 0.2) is 5.96 Å². The topological polar surface area (TPSA) is 544 Å². The molecule has 2 aliphatic heterocycles. The summed E-state index contributed by atoms with van der Waals surface area (Å²) in [4.78, 5) is 187. The second-order valence-corrected chi connectivity index (χ2v) is 27.5. The molecule has 34 heteroatoms. The number of unbranched alkanes of at least 4 members (excludes halogenated alkanes) is 1. The van der Waals surface area contributed by atoms with E-state index in [4.69, 9.17) is 40.1 Å². The minimum Gasteiger partial charge on any atom is -0.370 e. The minimum atomic E-state index is -3.56. The van der Waals surface area contributed by atoms with Crippen LogP contribution in [0, 0.1) is 5.92 Å². The first-order chi connectivity index (χ1) is 46.3. The number of likely N-dealkylation sites (N-methyl/N-ethyl adjacent to an activating group) is 1. The lowest BCUT2D eigenvalue weighted by atomic mass is 10.0. The van der Waals surface area contributed by atoms with Crippen LogP contribution in [0.15, 0.2) is 65.7 Å². The molecule has 0 spiro atoms. The average Bonchev–Trinajstić information content (AvgIpc) is 1.64. The zero-order chi connectivity index (χ0) is 72.8. The van der Waals surface area contributed by atoms with Gasteiger partial charge in [-0.05, 0) is 107 Å². The number of hydrogen-bond donors (Lipinski definition) is 14. The van der Waals surface area contributed by atoms with Crippen molar-refractivity contribution in [1.82, 2.24) is 51.9 Å². The molecule has 13 amide bonds. The van der Waals surface area contributed by atoms with Gasteiger partial charge in [-0.3, -0.25) is 67.3 Å². The Hall–Kier alpha value is -9.31. The summed E-state index contributed by atoms with van der Waals surface area (Å²) in [5.74, 6) is -11.5. The summed E-state index contributed by atoms with van der Waals surface area (Å²) >= 11 is 0. The van der Waals surface area contributed by atoms with Crippen LogP contribution in [0.1, 0.15) is 121 Å². The van der Waals surface area contributed by atoms with Crippen LogP contribution in [0.25, 0.3) is 0 Å². The van der Waals surface area contributed by atoms with Gasteiger partial charge in [-0.25, -0.2) is 8.42 Å². The van der Waals surface area contributed by atoms with Gasteiger partial charge in [-0.2, -0.15) is 0 Å². The van der Waals surface area contributed by atoms with Crippen molar-refractivity contribution in [2.45, 2.75) is 183 Å². The molecule has 0 aromatic heterocycles. The molecule has 0 radical (unpaired) electrons. The second kappa shape index (κ2) is 40.4. The van der Waals surface area contributed by atoms with Crippen molar-refractivity contribution in [3.05, 3.63) is 71.8 Å². The lowest BCUT2D eigenvalue weighted by molar-refractivity contribution is -0.144. The number of nitrogens with one attached hydrogen (secondary N) is 7. The summed E-state index contributed by atoms with van der Waals surface area (Å²) in [5.41, 5.74) is 40.5. The van der Waals surface area contributed by atoms with Gasteiger partial charge in [-0.1, -0.05) is 74.5 Å². The molecule has 0 saturated carbocycles. The van der Waals surface area contributed by atoms with Gasteiger partial charge in [0, 0.05) is 58.6 Å². The number of benzene rings is 2. The number of sulfone groups is 1. The number of likely N-dealkylation sites (tertiary alicyclic amines) is 2. The zero-order valence-electron chi connectivity index (χ0n) is 56.3. The van der Waals surface area contributed by atoms with Crippen molar-refractivity contribution in [2.24, 2.45) is 51.0 Å². The summed E-state index contributed by atoms with van der Waals surface area (Å²) in [5, 5.41) is 18.3. The number of primary amides is 3. The largest absolute Gasteiger partial charge is 0.370 e. The Bertz CT molecular complexity index is 3230. The lowest BCUT2D eigenvalue weighted by Crippen LogP contribution is -2.60. The van der Waals surface area contributed by atoms with Crippen LogP contribution < -0.4 is 77.4 Å². The minimum absolute atomic E-state index is 0.0509. The quantitative estimate of drug-likeness (QED) is 0.0169. The summed E-state index contributed by atoms with van der Waals surface area (Å²) in [6, 6.07) is 3.62. The number of nitrogens with two attached hydrogens (primary N) is 7. The van der Waals surface area contributed by atoms with E-state index >= 15 is 0 Å². The molecule has 2 heterocycles. The molecule has 33 nitrogen and oxygen atoms in total. The Kier molecular flexibility index (Phi) is 33.5. The number of aliphatic imine (C=N–C) groups is 1. The number of carbonyl (C=O) groups is 13. The van der Waals surface area contributed by atoms with Crippen LogP contribution in [0.3, 0.4) is 0 Å². The third-order valence-electron chi connectivity index (χ3n) is 16.5. The van der Waals surface area contributed by atoms with Gasteiger partial charge < -0.3 is 92.1 Å². The van der Waals surface area contributed by atoms with Gasteiger partial charge >= 0.3 is 0 Å². The van der Waals surface area contributed by atoms with Crippen molar-refractivity contribution < 1.29 is 70.7 Å². The number of hydrogen-bond acceptors (Lipinski definition) is 18. The van der Waals surface area contributed by atoms with Crippen LogP contribution >= 0.6 is 0 Å². The third kappa shape index (κ3) is 28.0. The number of amides is 13. The van der Waals surface area contributed by atoms with Crippen LogP contribution in [-0.2, 0) is 85.0 Å². The first kappa shape index (κ1) is 81.1. The highest BCUT2D eigenvalue weighted by atomic mass is 32.2. The predicted octanol–water partition coefficient (Wildman–Crippen LogP) is -4.69. The molecule has 21 N–H and O–H groups in total. The van der Waals surface area contributed by atoms with E-state index in [2.05, 4.69) is 42.2 Å². The third-order valence-corrected chi connectivity index (χ3v) is 17.5. The molecular weight excluding hydrogens is 1290 g/mol. The molecule has 4 rings (SSSR count). The SMILES string of the molecule is CC(C)C[C@H](NC(=O)CN(C)C(=O)[C@H](Cc1ccccc1)NC(=O)[C@H](Cc1ccccc1)NC(=O)[C@H](CCC(N)=O)NC(=O)[C@H](CCC(N)=O)NC(=O)[C@@H]1CCCN1C(=O)[C@H](CCCCN)NC(=O)[C@@H]1CCCN1C(=O)[C@@H](N)CCCN=C(N)N)C(=O)N[C@@H](CCS(C)(=O)=O)C(N)=O. The van der Waals surface area contributed by atoms with E-state index in [1.807, 2.05) is 0 Å². The van der Waals surface area contributed by atoms with Gasteiger partial charge in [0.05, 0.1) is 18.3 Å². The highest BCUT2D eigenvalue weighted by molar-refractivity contribution is 7.90. The highest BCUT2D eigenvalue weighted by Gasteiger charge is 2.42. The van der Waals surface area contributed by atoms with Crippen molar-refractivity contribution in [1.29, 1.82) is 0 Å². The van der Waals surface area contributed by atoms with E-state index < -0.39 is 185 Å². The number of guanidine groups is 1. The fourth-order valence-corrected chi connectivity index (χ4v) is 12.0. The maximum Gasteiger partial charge on any atom is 0.245 e. The Morgan fingerprint density at radius 3 is 1.53 bits per heavy atom. The molecule has 2 aromatic carbocycles. The summed E-state index contributed by atoms with van der Waals surface area (Å²) in [6.07, 6.45) is 1.32. The van der Waals surface area contributed by atoms with E-state index in [-0.39, 0.29) is 83.0 Å². The van der Waals surface area contributed by atoms with Gasteiger partial charge in [0.25, 0.3) is 0 Å². The second-order valence-electron chi connectivity index (χ2n) is 25.2. The normalized spacial score (nSPS) is 16.8. The first-order valence-electron chi connectivity index (χ1n) is 32.9. The summed E-state index contributed by atoms with van der Waals surface area (Å²) in [7, 11) is -2.28. The predicted molar refractivity (Wildman–Crippen MR) is 362 cm³/mol. The summed E-state index contributed by atoms with van der Waals surface area (Å²) in [6.45, 7) is 3.68. The van der Waals surface area contributed by atoms with Crippen LogP contribution in [0.2, 0.25) is 0 Å². The van der Waals surface area contributed by atoms with Crippen LogP contribution in [-0.4, -0.2) is 218 Å². The molecule has 0 aliphatic carbocycles. The maximum atomic E-state index is 14.8. The molecule has 10 atom stereocenters. The van der Waals surface area contributed by atoms with E-state index in [0.717, 1.165) is 11.2 Å². The molecule has 2 saturated heterocycles. The van der Waals surface area contributed by atoms with Crippen molar-refractivity contribution in [3.63, 3.8) is 0 Å². The fourth-order valence-electron chi connectivity index (χ4n) is 11.4. The molecule has 2 aromatic rings. The average molecular weight is 1390 g/mol. The maximum absolute atomic E-state index is 14.8. The van der Waals surface area contributed by atoms with E-state index in [1.165, 1.54) is 16.8 Å². The van der Waals surface area contributed by atoms with Crippen molar-refractivity contribution >= 4 is 92.6 Å². The van der Waals surface area contributed by atoms with Gasteiger partial charge in [0.1, 0.15) is 64.2 Å². The monoisotopic (exact) mass is 1390 g/mol. The molecule has 0 bridgehead atoms. The molecule has 0 unspecified atom stereocenters. The van der Waals surface area contributed by atoms with Crippen LogP contribution in [0.4, 0.5) is 0 Å². The number of carbonyl (C=O) groups excluding carboxylic acids is 13. The first-order valence-corrected chi connectivity index (χ1v) is 34.9. The van der Waals surface area contributed by atoms with Gasteiger partial charge in [0.2, 0.25) is 76.8 Å². The van der Waals surface area contributed by atoms with Crippen molar-refractivity contribution in [3.8, 4) is 0 Å². The highest BCUT2D eigenvalue weighted by Crippen LogP contribution is 2.24. The molecule has 542 valence electrons. The Morgan fingerprint density at radius 1 is 0.561 bits per heavy atom. The number of nitrogens with zero attached hydrogens (tertiary/aromatic N) is 4. The standard InChI is InChI=1S/C64H100N18O15S/c1-38(2)34-46(57(89)74-42(54(69)86)28-33-98(4,96)97)73-53(85)37-80(3)62(94)48(36-40-18-9-6-10-19-40)79-58(90)47(35-39-16-7-5-8-17-39)78-56(88)43(24-26-51(67)83)75-55(87)44(25-27-52(68)84)76-59(91)50-23-15-32-82(50)63(95)45(21-11-12-29-65)77-60(92)49-22-14-31-81(49)61(93)41(66)20-13-30-72-64(70)71/h5-10,16-19,38,41-50H,11-15,20-37,65-66H2,1-4H3,(H2,67,83)(H2,68,84)(H2,69,86)(H,73,85)(H,74,89)(H,75,87)(H,76,91)(H,77,92)(H,78,88)(H,79,90)(H4,70,71,72)/t41-,42-,43-,44-,45-,46-,47-,48-,49-,50-/m0/s1. The molecule has 2 fully saturated rings. The van der Waals surface area contributed by atoms with E-state index in [1.54, 1.807) is 74.5 Å². The Morgan fingerprint density at radius 2 is 1.03 bits per heavy atom. The van der Waals surface area contributed by atoms with E-state index in [0.29, 0.717) is 49.7 Å². The molecule has 98 heavy (non-hydrogen) atoms. The molecular formula is C64H100N18O15S. The number of rotatable bonds is 42. The summed E-state index contributed by atoms with van der Waals surface area (Å²) < 4.78 is 23.7. The van der Waals surface area contributed by atoms with Gasteiger partial charge in [-0.15, -0.1) is 0 Å². The Balaban J connectivity index is 1.58. The lowest BCUT2D eigenvalue weighted by Gasteiger charge is -2.32. The van der Waals surface area contributed by atoms with Crippen molar-refractivity contribution in [2.75, 3.05) is 51.8 Å². The fraction of sp³-hybridized carbons (Fsp3) is 0.594.